The van der Waals surface area contributed by atoms with Crippen molar-refractivity contribution in [3.05, 3.63) is 35.9 Å². The number of rotatable bonds is 2. The Morgan fingerprint density at radius 2 is 1.65 bits per heavy atom. The largest absolute Gasteiger partial charge is 0.330 e. The number of amides is 1. The summed E-state index contributed by atoms with van der Waals surface area (Å²) in [6, 6.07) is 9.59. The lowest BCUT2D eigenvalue weighted by atomic mass is 9.88. The minimum absolute atomic E-state index is 0.0225. The molecule has 3 heteroatoms. The van der Waals surface area contributed by atoms with E-state index >= 15 is 0 Å². The Bertz CT molecular complexity index is 479. The number of benzene rings is 1. The van der Waals surface area contributed by atoms with Gasteiger partial charge in [-0.05, 0) is 46.4 Å². The van der Waals surface area contributed by atoms with Gasteiger partial charge in [0.05, 0.1) is 5.54 Å². The van der Waals surface area contributed by atoms with Crippen LogP contribution in [0.4, 0.5) is 0 Å². The zero-order chi connectivity index (χ0) is 15.0. The predicted molar refractivity (Wildman–Crippen MR) is 82.9 cm³/mol. The monoisotopic (exact) mass is 274 g/mol. The summed E-state index contributed by atoms with van der Waals surface area (Å²) >= 11 is 0. The van der Waals surface area contributed by atoms with E-state index < -0.39 is 0 Å². The third-order valence-corrected chi connectivity index (χ3v) is 4.36. The SMILES string of the molecule is CCN1CC(C)(C)N(C(=O)c2ccccc2)CC1(C)C. The second-order valence-corrected chi connectivity index (χ2v) is 6.90. The fourth-order valence-corrected chi connectivity index (χ4v) is 3.09. The third-order valence-electron chi connectivity index (χ3n) is 4.36. The zero-order valence-corrected chi connectivity index (χ0v) is 13.3. The first-order valence-electron chi connectivity index (χ1n) is 7.40. The molecule has 3 nitrogen and oxygen atoms in total. The molecule has 0 N–H and O–H groups in total. The predicted octanol–water partition coefficient (Wildman–Crippen LogP) is 3.02. The van der Waals surface area contributed by atoms with Gasteiger partial charge < -0.3 is 4.90 Å². The molecule has 1 amide bonds. The van der Waals surface area contributed by atoms with Crippen molar-refractivity contribution < 1.29 is 4.79 Å². The first-order valence-corrected chi connectivity index (χ1v) is 7.40. The Hall–Kier alpha value is -1.35. The first-order chi connectivity index (χ1) is 9.28. The van der Waals surface area contributed by atoms with E-state index in [0.717, 1.165) is 25.2 Å². The van der Waals surface area contributed by atoms with Crippen LogP contribution < -0.4 is 0 Å². The van der Waals surface area contributed by atoms with Crippen LogP contribution in [0.3, 0.4) is 0 Å². The smallest absolute Gasteiger partial charge is 0.254 e. The number of piperazine rings is 1. The Morgan fingerprint density at radius 1 is 1.05 bits per heavy atom. The molecule has 0 radical (unpaired) electrons. The highest BCUT2D eigenvalue weighted by atomic mass is 16.2. The number of hydrogen-bond donors (Lipinski definition) is 0. The lowest BCUT2D eigenvalue weighted by molar-refractivity contribution is -0.0387. The molecule has 0 aliphatic carbocycles. The summed E-state index contributed by atoms with van der Waals surface area (Å²) in [5, 5.41) is 0. The molecule has 1 aromatic rings. The Balaban J connectivity index is 2.29. The third kappa shape index (κ3) is 2.73. The van der Waals surface area contributed by atoms with Crippen molar-refractivity contribution in [2.75, 3.05) is 19.6 Å². The van der Waals surface area contributed by atoms with Gasteiger partial charge in [0.2, 0.25) is 0 Å². The Kier molecular flexibility index (Phi) is 3.92. The van der Waals surface area contributed by atoms with Crippen molar-refractivity contribution in [1.82, 2.24) is 9.80 Å². The summed E-state index contributed by atoms with van der Waals surface area (Å²) in [5.41, 5.74) is 0.661. The van der Waals surface area contributed by atoms with Crippen LogP contribution in [-0.4, -0.2) is 46.4 Å². The quantitative estimate of drug-likeness (QED) is 0.827. The van der Waals surface area contributed by atoms with Gasteiger partial charge >= 0.3 is 0 Å². The molecule has 1 saturated heterocycles. The Morgan fingerprint density at radius 3 is 2.20 bits per heavy atom. The molecular formula is C17H26N2O. The van der Waals surface area contributed by atoms with Crippen LogP contribution in [-0.2, 0) is 0 Å². The summed E-state index contributed by atoms with van der Waals surface area (Å²) < 4.78 is 0. The van der Waals surface area contributed by atoms with Gasteiger partial charge in [0, 0.05) is 24.2 Å². The molecule has 110 valence electrons. The average Bonchev–Trinajstić information content (AvgIpc) is 2.41. The van der Waals surface area contributed by atoms with E-state index in [4.69, 9.17) is 0 Å². The molecule has 0 spiro atoms. The topological polar surface area (TPSA) is 23.6 Å². The number of hydrogen-bond acceptors (Lipinski definition) is 2. The molecule has 0 saturated carbocycles. The van der Waals surface area contributed by atoms with Gasteiger partial charge in [-0.25, -0.2) is 0 Å². The van der Waals surface area contributed by atoms with Crippen molar-refractivity contribution in [2.24, 2.45) is 0 Å². The van der Waals surface area contributed by atoms with Crippen molar-refractivity contribution in [3.8, 4) is 0 Å². The highest BCUT2D eigenvalue weighted by Gasteiger charge is 2.44. The minimum atomic E-state index is -0.140. The molecule has 1 aliphatic heterocycles. The first kappa shape index (κ1) is 15.0. The molecule has 0 unspecified atom stereocenters. The summed E-state index contributed by atoms with van der Waals surface area (Å²) in [6.45, 7) is 13.6. The van der Waals surface area contributed by atoms with E-state index in [1.54, 1.807) is 0 Å². The lowest BCUT2D eigenvalue weighted by Crippen LogP contribution is -2.68. The maximum atomic E-state index is 12.8. The summed E-state index contributed by atoms with van der Waals surface area (Å²) in [7, 11) is 0. The lowest BCUT2D eigenvalue weighted by Gasteiger charge is -2.55. The second kappa shape index (κ2) is 5.21. The summed E-state index contributed by atoms with van der Waals surface area (Å²) in [4.78, 5) is 17.3. The van der Waals surface area contributed by atoms with Crippen LogP contribution in [0.1, 0.15) is 45.0 Å². The van der Waals surface area contributed by atoms with Crippen LogP contribution in [0.25, 0.3) is 0 Å². The molecule has 0 bridgehead atoms. The van der Waals surface area contributed by atoms with E-state index in [2.05, 4.69) is 39.5 Å². The summed E-state index contributed by atoms with van der Waals surface area (Å²) in [5.74, 6) is 0.138. The van der Waals surface area contributed by atoms with Crippen LogP contribution >= 0.6 is 0 Å². The summed E-state index contributed by atoms with van der Waals surface area (Å²) in [6.07, 6.45) is 0. The zero-order valence-electron chi connectivity index (χ0n) is 13.3. The molecule has 1 aromatic carbocycles. The standard InChI is InChI=1S/C17H26N2O/c1-6-18-12-17(4,5)19(13-16(18,2)3)15(20)14-10-8-7-9-11-14/h7-11H,6,12-13H2,1-5H3. The molecular weight excluding hydrogens is 248 g/mol. The normalized spacial score (nSPS) is 21.8. The van der Waals surface area contributed by atoms with Gasteiger partial charge in [-0.1, -0.05) is 25.1 Å². The Labute approximate surface area is 122 Å². The molecule has 1 heterocycles. The van der Waals surface area contributed by atoms with Gasteiger partial charge in [-0.3, -0.25) is 9.69 Å². The van der Waals surface area contributed by atoms with Crippen molar-refractivity contribution in [2.45, 2.75) is 45.7 Å². The molecule has 1 aliphatic rings. The molecule has 20 heavy (non-hydrogen) atoms. The molecule has 2 rings (SSSR count). The van der Waals surface area contributed by atoms with E-state index in [0.29, 0.717) is 0 Å². The van der Waals surface area contributed by atoms with Gasteiger partial charge in [-0.2, -0.15) is 0 Å². The maximum Gasteiger partial charge on any atom is 0.254 e. The fourth-order valence-electron chi connectivity index (χ4n) is 3.09. The van der Waals surface area contributed by atoms with Crippen molar-refractivity contribution in [3.63, 3.8) is 0 Å². The molecule has 0 atom stereocenters. The van der Waals surface area contributed by atoms with E-state index in [1.807, 2.05) is 35.2 Å². The molecule has 0 aromatic heterocycles. The van der Waals surface area contributed by atoms with E-state index in [1.165, 1.54) is 0 Å². The second-order valence-electron chi connectivity index (χ2n) is 6.90. The van der Waals surface area contributed by atoms with Crippen LogP contribution in [0.5, 0.6) is 0 Å². The number of likely N-dealkylation sites (N-methyl/N-ethyl adjacent to an activating group) is 1. The highest BCUT2D eigenvalue weighted by molar-refractivity contribution is 5.94. The number of carbonyl (C=O) groups is 1. The van der Waals surface area contributed by atoms with E-state index in [9.17, 15) is 4.79 Å². The number of nitrogens with zero attached hydrogens (tertiary/aromatic N) is 2. The van der Waals surface area contributed by atoms with Crippen molar-refractivity contribution >= 4 is 5.91 Å². The minimum Gasteiger partial charge on any atom is -0.330 e. The van der Waals surface area contributed by atoms with Crippen LogP contribution in [0, 0.1) is 0 Å². The fraction of sp³-hybridized carbons (Fsp3) is 0.588. The van der Waals surface area contributed by atoms with E-state index in [-0.39, 0.29) is 17.0 Å². The average molecular weight is 274 g/mol. The maximum absolute atomic E-state index is 12.8. The van der Waals surface area contributed by atoms with Crippen LogP contribution in [0.15, 0.2) is 30.3 Å². The van der Waals surface area contributed by atoms with Gasteiger partial charge in [-0.15, -0.1) is 0 Å². The van der Waals surface area contributed by atoms with Crippen LogP contribution in [0.2, 0.25) is 0 Å². The van der Waals surface area contributed by atoms with Gasteiger partial charge in [0.15, 0.2) is 0 Å². The highest BCUT2D eigenvalue weighted by Crippen LogP contribution is 2.31. The number of carbonyl (C=O) groups excluding carboxylic acids is 1. The molecule has 1 fully saturated rings. The van der Waals surface area contributed by atoms with Gasteiger partial charge in [0.1, 0.15) is 0 Å². The van der Waals surface area contributed by atoms with Gasteiger partial charge in [0.25, 0.3) is 5.91 Å². The van der Waals surface area contributed by atoms with Crippen molar-refractivity contribution in [1.29, 1.82) is 0 Å².